The molecule has 0 saturated heterocycles. The highest BCUT2D eigenvalue weighted by Crippen LogP contribution is 2.29. The van der Waals surface area contributed by atoms with Crippen LogP contribution in [-0.4, -0.2) is 25.0 Å². The van der Waals surface area contributed by atoms with Crippen molar-refractivity contribution in [2.75, 3.05) is 14.2 Å². The zero-order chi connectivity index (χ0) is 16.4. The van der Waals surface area contributed by atoms with Gasteiger partial charge in [0.25, 0.3) is 5.91 Å². The number of methoxy groups -OCH3 is 1. The van der Waals surface area contributed by atoms with Crippen LogP contribution in [0.15, 0.2) is 52.9 Å². The molecule has 3 rings (SSSR count). The van der Waals surface area contributed by atoms with Crippen molar-refractivity contribution < 1.29 is 13.9 Å². The Balaban J connectivity index is 1.83. The van der Waals surface area contributed by atoms with Crippen LogP contribution in [0.3, 0.4) is 0 Å². The maximum atomic E-state index is 12.6. The van der Waals surface area contributed by atoms with E-state index in [0.717, 1.165) is 10.9 Å². The zero-order valence-corrected chi connectivity index (χ0v) is 13.6. The molecule has 3 aromatic rings. The van der Waals surface area contributed by atoms with E-state index in [0.29, 0.717) is 28.7 Å². The molecule has 0 bridgehead atoms. The van der Waals surface area contributed by atoms with E-state index < -0.39 is 0 Å². The number of benzene rings is 2. The van der Waals surface area contributed by atoms with Gasteiger partial charge in [-0.1, -0.05) is 35.9 Å². The third kappa shape index (κ3) is 3.17. The Morgan fingerprint density at radius 1 is 1.22 bits per heavy atom. The molecule has 1 heterocycles. The number of hydrogen-bond donors (Lipinski definition) is 0. The molecule has 1 amide bonds. The highest BCUT2D eigenvalue weighted by molar-refractivity contribution is 6.30. The minimum absolute atomic E-state index is 0.182. The number of hydrogen-bond acceptors (Lipinski definition) is 3. The first kappa shape index (κ1) is 15.4. The van der Waals surface area contributed by atoms with Crippen molar-refractivity contribution in [3.05, 3.63) is 64.9 Å². The van der Waals surface area contributed by atoms with Crippen molar-refractivity contribution in [1.82, 2.24) is 4.90 Å². The molecule has 0 aliphatic heterocycles. The number of carbonyl (C=O) groups excluding carboxylic acids is 1. The van der Waals surface area contributed by atoms with Gasteiger partial charge in [0, 0.05) is 24.0 Å². The maximum absolute atomic E-state index is 12.6. The molecular formula is C18H16ClNO3. The number of carbonyl (C=O) groups is 1. The van der Waals surface area contributed by atoms with E-state index in [-0.39, 0.29) is 5.91 Å². The lowest BCUT2D eigenvalue weighted by atomic mass is 10.2. The largest absolute Gasteiger partial charge is 0.493 e. The van der Waals surface area contributed by atoms with E-state index in [9.17, 15) is 4.79 Å². The summed E-state index contributed by atoms with van der Waals surface area (Å²) in [5.74, 6) is 0.723. The lowest BCUT2D eigenvalue weighted by Crippen LogP contribution is -2.25. The molecule has 0 unspecified atom stereocenters. The van der Waals surface area contributed by atoms with Gasteiger partial charge < -0.3 is 14.1 Å². The summed E-state index contributed by atoms with van der Waals surface area (Å²) in [6, 6.07) is 14.7. The Bertz CT molecular complexity index is 839. The normalized spacial score (nSPS) is 10.7. The molecule has 23 heavy (non-hydrogen) atoms. The number of amides is 1. The molecule has 5 heteroatoms. The Kier molecular flexibility index (Phi) is 4.26. The molecule has 0 spiro atoms. The van der Waals surface area contributed by atoms with Crippen molar-refractivity contribution in [3.8, 4) is 5.75 Å². The third-order valence-corrected chi connectivity index (χ3v) is 3.87. The van der Waals surface area contributed by atoms with Crippen LogP contribution in [0.2, 0.25) is 5.02 Å². The van der Waals surface area contributed by atoms with Crippen molar-refractivity contribution in [1.29, 1.82) is 0 Å². The monoisotopic (exact) mass is 329 g/mol. The van der Waals surface area contributed by atoms with E-state index in [1.807, 2.05) is 24.3 Å². The van der Waals surface area contributed by atoms with Gasteiger partial charge in [-0.15, -0.1) is 0 Å². The molecule has 0 N–H and O–H groups in total. The van der Waals surface area contributed by atoms with Gasteiger partial charge in [-0.3, -0.25) is 4.79 Å². The molecule has 1 aromatic heterocycles. The molecule has 0 atom stereocenters. The number of furan rings is 1. The van der Waals surface area contributed by atoms with Gasteiger partial charge in [0.2, 0.25) is 0 Å². The average Bonchev–Trinajstić information content (AvgIpc) is 3.00. The summed E-state index contributed by atoms with van der Waals surface area (Å²) in [6.45, 7) is 0.476. The fourth-order valence-electron chi connectivity index (χ4n) is 2.43. The molecule has 0 saturated carbocycles. The predicted octanol–water partition coefficient (Wildman–Crippen LogP) is 4.37. The van der Waals surface area contributed by atoms with Gasteiger partial charge in [0.1, 0.15) is 0 Å². The second-order valence-corrected chi connectivity index (χ2v) is 5.71. The van der Waals surface area contributed by atoms with Gasteiger partial charge >= 0.3 is 0 Å². The first-order chi connectivity index (χ1) is 11.1. The molecule has 0 radical (unpaired) electrons. The van der Waals surface area contributed by atoms with E-state index in [4.69, 9.17) is 20.8 Å². The summed E-state index contributed by atoms with van der Waals surface area (Å²) in [4.78, 5) is 14.2. The molecule has 118 valence electrons. The number of para-hydroxylation sites is 1. The topological polar surface area (TPSA) is 42.7 Å². The summed E-state index contributed by atoms with van der Waals surface area (Å²) in [6.07, 6.45) is 0. The SMILES string of the molecule is COc1cccc2cc(C(=O)N(C)Cc3ccc(Cl)cc3)oc12. The summed E-state index contributed by atoms with van der Waals surface area (Å²) in [7, 11) is 3.31. The Morgan fingerprint density at radius 2 is 1.96 bits per heavy atom. The van der Waals surface area contributed by atoms with Crippen LogP contribution < -0.4 is 4.74 Å². The summed E-state index contributed by atoms with van der Waals surface area (Å²) in [5, 5.41) is 1.51. The number of nitrogens with zero attached hydrogens (tertiary/aromatic N) is 1. The predicted molar refractivity (Wildman–Crippen MR) is 90.0 cm³/mol. The second-order valence-electron chi connectivity index (χ2n) is 5.28. The maximum Gasteiger partial charge on any atom is 0.289 e. The van der Waals surface area contributed by atoms with E-state index in [1.54, 1.807) is 43.3 Å². The summed E-state index contributed by atoms with van der Waals surface area (Å²) in [5.41, 5.74) is 1.58. The number of fused-ring (bicyclic) bond motifs is 1. The molecule has 0 aliphatic rings. The highest BCUT2D eigenvalue weighted by Gasteiger charge is 2.18. The minimum Gasteiger partial charge on any atom is -0.493 e. The number of rotatable bonds is 4. The minimum atomic E-state index is -0.182. The van der Waals surface area contributed by atoms with Crippen LogP contribution >= 0.6 is 11.6 Å². The van der Waals surface area contributed by atoms with Crippen molar-refractivity contribution in [2.24, 2.45) is 0 Å². The van der Waals surface area contributed by atoms with E-state index >= 15 is 0 Å². The first-order valence-corrected chi connectivity index (χ1v) is 7.53. The van der Waals surface area contributed by atoms with E-state index in [1.165, 1.54) is 0 Å². The molecular weight excluding hydrogens is 314 g/mol. The van der Waals surface area contributed by atoms with E-state index in [2.05, 4.69) is 0 Å². The quantitative estimate of drug-likeness (QED) is 0.714. The van der Waals surface area contributed by atoms with Crippen LogP contribution in [0, 0.1) is 0 Å². The first-order valence-electron chi connectivity index (χ1n) is 7.15. The number of ether oxygens (including phenoxy) is 1. The van der Waals surface area contributed by atoms with Crippen LogP contribution in [0.4, 0.5) is 0 Å². The van der Waals surface area contributed by atoms with Crippen LogP contribution in [-0.2, 0) is 6.54 Å². The van der Waals surface area contributed by atoms with Gasteiger partial charge in [-0.2, -0.15) is 0 Å². The Morgan fingerprint density at radius 3 is 2.65 bits per heavy atom. The summed E-state index contributed by atoms with van der Waals surface area (Å²) < 4.78 is 10.9. The van der Waals surface area contributed by atoms with Crippen molar-refractivity contribution in [2.45, 2.75) is 6.54 Å². The molecule has 2 aromatic carbocycles. The fraction of sp³-hybridized carbons (Fsp3) is 0.167. The van der Waals surface area contributed by atoms with Crippen molar-refractivity contribution in [3.63, 3.8) is 0 Å². The lowest BCUT2D eigenvalue weighted by molar-refractivity contribution is 0.0755. The third-order valence-electron chi connectivity index (χ3n) is 3.62. The number of halogens is 1. The van der Waals surface area contributed by atoms with Crippen LogP contribution in [0.1, 0.15) is 16.1 Å². The van der Waals surface area contributed by atoms with Gasteiger partial charge in [-0.05, 0) is 29.8 Å². The summed E-state index contributed by atoms with van der Waals surface area (Å²) >= 11 is 5.87. The lowest BCUT2D eigenvalue weighted by Gasteiger charge is -2.15. The van der Waals surface area contributed by atoms with Gasteiger partial charge in [-0.25, -0.2) is 0 Å². The standard InChI is InChI=1S/C18H16ClNO3/c1-20(11-12-6-8-14(19)9-7-12)18(21)16-10-13-4-3-5-15(22-2)17(13)23-16/h3-10H,11H2,1-2H3. The highest BCUT2D eigenvalue weighted by atomic mass is 35.5. The van der Waals surface area contributed by atoms with Crippen LogP contribution in [0.5, 0.6) is 5.75 Å². The van der Waals surface area contributed by atoms with Gasteiger partial charge in [0.05, 0.1) is 7.11 Å². The second kappa shape index (κ2) is 6.34. The Labute approximate surface area is 139 Å². The zero-order valence-electron chi connectivity index (χ0n) is 12.9. The van der Waals surface area contributed by atoms with Crippen LogP contribution in [0.25, 0.3) is 11.0 Å². The molecule has 0 fully saturated rings. The van der Waals surface area contributed by atoms with Crippen molar-refractivity contribution >= 4 is 28.5 Å². The smallest absolute Gasteiger partial charge is 0.289 e. The molecule has 0 aliphatic carbocycles. The molecule has 4 nitrogen and oxygen atoms in total. The average molecular weight is 330 g/mol. The van der Waals surface area contributed by atoms with Gasteiger partial charge in [0.15, 0.2) is 17.1 Å². The Hall–Kier alpha value is -2.46. The fourth-order valence-corrected chi connectivity index (χ4v) is 2.55.